The molecule has 0 spiro atoms. The molecule has 2 aromatic rings. The Kier molecular flexibility index (Phi) is 10.5. The maximum Gasteiger partial charge on any atom is 0.341 e. The highest BCUT2D eigenvalue weighted by atomic mass is 32.1. The zero-order chi connectivity index (χ0) is 27.9. The second-order valence-electron chi connectivity index (χ2n) is 9.79. The van der Waals surface area contributed by atoms with Crippen LogP contribution in [0, 0.1) is 18.7 Å². The van der Waals surface area contributed by atoms with Crippen molar-refractivity contribution in [2.24, 2.45) is 5.92 Å². The molecule has 2 rings (SSSR count). The fraction of sp³-hybridized carbons (Fsp3) is 0.481. The van der Waals surface area contributed by atoms with Crippen LogP contribution in [0.4, 0.5) is 9.39 Å². The number of hydrogen-bond acceptors (Lipinski definition) is 7. The van der Waals surface area contributed by atoms with E-state index in [1.165, 1.54) is 31.4 Å². The smallest absolute Gasteiger partial charge is 0.341 e. The maximum atomic E-state index is 13.3. The summed E-state index contributed by atoms with van der Waals surface area (Å²) < 4.78 is 24.0. The van der Waals surface area contributed by atoms with Crippen LogP contribution in [0.1, 0.15) is 78.1 Å². The fourth-order valence-electron chi connectivity index (χ4n) is 3.64. The Morgan fingerprint density at radius 1 is 1.16 bits per heavy atom. The van der Waals surface area contributed by atoms with Gasteiger partial charge >= 0.3 is 5.97 Å². The summed E-state index contributed by atoms with van der Waals surface area (Å²) >= 11 is 0.922. The second kappa shape index (κ2) is 12.9. The van der Waals surface area contributed by atoms with Crippen LogP contribution in [-0.4, -0.2) is 49.4 Å². The molecule has 2 amide bonds. The van der Waals surface area contributed by atoms with Crippen molar-refractivity contribution in [3.63, 3.8) is 0 Å². The number of carbonyl (C=O) groups is 4. The van der Waals surface area contributed by atoms with Crippen molar-refractivity contribution >= 4 is 40.4 Å². The molecule has 2 N–H and O–H groups in total. The summed E-state index contributed by atoms with van der Waals surface area (Å²) in [5.41, 5.74) is 0.602. The van der Waals surface area contributed by atoms with Gasteiger partial charge in [0.15, 0.2) is 0 Å². The number of methoxy groups -OCH3 is 1. The van der Waals surface area contributed by atoms with Gasteiger partial charge in [-0.25, -0.2) is 9.18 Å². The van der Waals surface area contributed by atoms with Crippen LogP contribution in [0.15, 0.2) is 24.3 Å². The normalized spacial score (nSPS) is 13.8. The largest absolute Gasteiger partial charge is 0.465 e. The van der Waals surface area contributed by atoms with E-state index in [1.807, 2.05) is 27.7 Å². The van der Waals surface area contributed by atoms with E-state index in [9.17, 15) is 23.6 Å². The molecule has 0 fully saturated rings. The first kappa shape index (κ1) is 30.1. The molecule has 0 aliphatic heterocycles. The number of rotatable bonds is 11. The molecule has 0 bridgehead atoms. The van der Waals surface area contributed by atoms with Crippen molar-refractivity contribution in [2.45, 2.75) is 65.5 Å². The van der Waals surface area contributed by atoms with Crippen molar-refractivity contribution in [1.29, 1.82) is 0 Å². The Morgan fingerprint density at radius 3 is 2.30 bits per heavy atom. The van der Waals surface area contributed by atoms with Gasteiger partial charge < -0.3 is 24.9 Å². The predicted molar refractivity (Wildman–Crippen MR) is 141 cm³/mol. The van der Waals surface area contributed by atoms with E-state index in [4.69, 9.17) is 9.47 Å². The van der Waals surface area contributed by atoms with Crippen LogP contribution in [0.5, 0.6) is 0 Å². The van der Waals surface area contributed by atoms with Gasteiger partial charge in [0.1, 0.15) is 17.1 Å². The summed E-state index contributed by atoms with van der Waals surface area (Å²) in [5, 5.41) is 5.61. The van der Waals surface area contributed by atoms with Gasteiger partial charge in [-0.15, -0.1) is 11.3 Å². The number of halogens is 1. The van der Waals surface area contributed by atoms with Gasteiger partial charge in [-0.1, -0.05) is 26.0 Å². The standard InChI is InChI=1S/C27H35FN2O6S/c1-8-19(17-9-11-18(28)12-10-17)23(32)30-25-21(26(34)35-7)16(3)22(37-25)24(33)29-20(13-31)15(2)14-36-27(4,5)6/h9-13,15,19-20H,8,14H2,1-7H3,(H,29,33)(H,30,32)/t15-,19?,20?/m0/s1. The topological polar surface area (TPSA) is 111 Å². The Balaban J connectivity index is 2.32. The zero-order valence-corrected chi connectivity index (χ0v) is 23.1. The van der Waals surface area contributed by atoms with Crippen LogP contribution in [0.2, 0.25) is 0 Å². The van der Waals surface area contributed by atoms with Crippen LogP contribution in [0.3, 0.4) is 0 Å². The number of thiophene rings is 1. The molecule has 1 aromatic carbocycles. The van der Waals surface area contributed by atoms with Crippen molar-refractivity contribution in [1.82, 2.24) is 5.32 Å². The Morgan fingerprint density at radius 2 is 1.78 bits per heavy atom. The molecular formula is C27H35FN2O6S. The zero-order valence-electron chi connectivity index (χ0n) is 22.3. The van der Waals surface area contributed by atoms with Crippen LogP contribution in [-0.2, 0) is 19.1 Å². The first-order chi connectivity index (χ1) is 17.3. The minimum absolute atomic E-state index is 0.0618. The summed E-state index contributed by atoms with van der Waals surface area (Å²) in [4.78, 5) is 50.8. The van der Waals surface area contributed by atoms with E-state index in [0.29, 0.717) is 23.8 Å². The SMILES string of the molecule is CCC(C(=O)Nc1sc(C(=O)NC(C=O)[C@@H](C)COC(C)(C)C)c(C)c1C(=O)OC)c1ccc(F)cc1. The molecule has 0 saturated carbocycles. The van der Waals surface area contributed by atoms with E-state index >= 15 is 0 Å². The Labute approximate surface area is 220 Å². The van der Waals surface area contributed by atoms with E-state index in [2.05, 4.69) is 10.6 Å². The lowest BCUT2D eigenvalue weighted by atomic mass is 9.95. The van der Waals surface area contributed by atoms with E-state index in [0.717, 1.165) is 11.3 Å². The average molecular weight is 535 g/mol. The van der Waals surface area contributed by atoms with Crippen LogP contribution >= 0.6 is 11.3 Å². The van der Waals surface area contributed by atoms with E-state index in [1.54, 1.807) is 13.8 Å². The van der Waals surface area contributed by atoms with Crippen molar-refractivity contribution < 1.29 is 33.0 Å². The third kappa shape index (κ3) is 7.93. The first-order valence-corrected chi connectivity index (χ1v) is 12.8. The van der Waals surface area contributed by atoms with Gasteiger partial charge in [0, 0.05) is 5.92 Å². The fourth-order valence-corrected chi connectivity index (χ4v) is 4.75. The molecule has 202 valence electrons. The van der Waals surface area contributed by atoms with Gasteiger partial charge in [-0.3, -0.25) is 9.59 Å². The molecule has 37 heavy (non-hydrogen) atoms. The molecule has 2 unspecified atom stereocenters. The van der Waals surface area contributed by atoms with Crippen molar-refractivity contribution in [3.05, 3.63) is 51.7 Å². The maximum absolute atomic E-state index is 13.3. The molecule has 0 aliphatic rings. The second-order valence-corrected chi connectivity index (χ2v) is 10.8. The Bertz CT molecular complexity index is 1120. The van der Waals surface area contributed by atoms with Gasteiger partial charge in [0.05, 0.1) is 41.7 Å². The predicted octanol–water partition coefficient (Wildman–Crippen LogP) is 4.86. The minimum Gasteiger partial charge on any atom is -0.465 e. The van der Waals surface area contributed by atoms with Crippen LogP contribution in [0.25, 0.3) is 0 Å². The highest BCUT2D eigenvalue weighted by Crippen LogP contribution is 2.35. The summed E-state index contributed by atoms with van der Waals surface area (Å²) in [6.45, 7) is 11.1. The molecule has 8 nitrogen and oxygen atoms in total. The van der Waals surface area contributed by atoms with Gasteiger partial charge in [0.25, 0.3) is 5.91 Å². The summed E-state index contributed by atoms with van der Waals surface area (Å²) in [5.74, 6) is -3.00. The first-order valence-electron chi connectivity index (χ1n) is 12.0. The highest BCUT2D eigenvalue weighted by molar-refractivity contribution is 7.18. The third-order valence-corrected chi connectivity index (χ3v) is 7.02. The number of aldehydes is 1. The molecule has 3 atom stereocenters. The number of benzene rings is 1. The van der Waals surface area contributed by atoms with Crippen LogP contribution < -0.4 is 10.6 Å². The number of ether oxygens (including phenoxy) is 2. The number of amides is 2. The van der Waals surface area contributed by atoms with Gasteiger partial charge in [-0.05, 0) is 57.4 Å². The molecule has 1 aromatic heterocycles. The lowest BCUT2D eigenvalue weighted by Gasteiger charge is -2.25. The lowest BCUT2D eigenvalue weighted by Crippen LogP contribution is -2.43. The monoisotopic (exact) mass is 534 g/mol. The number of hydrogen-bond donors (Lipinski definition) is 2. The van der Waals surface area contributed by atoms with E-state index in [-0.39, 0.29) is 28.0 Å². The molecular weight excluding hydrogens is 499 g/mol. The summed E-state index contributed by atoms with van der Waals surface area (Å²) in [7, 11) is 1.21. The average Bonchev–Trinajstić information content (AvgIpc) is 3.17. The van der Waals surface area contributed by atoms with Crippen molar-refractivity contribution in [2.75, 3.05) is 19.0 Å². The molecule has 0 saturated heterocycles. The molecule has 10 heteroatoms. The van der Waals surface area contributed by atoms with E-state index < -0.39 is 41.2 Å². The quantitative estimate of drug-likeness (QED) is 0.315. The molecule has 0 radical (unpaired) electrons. The third-order valence-electron chi connectivity index (χ3n) is 5.81. The lowest BCUT2D eigenvalue weighted by molar-refractivity contribution is -0.117. The number of nitrogens with one attached hydrogen (secondary N) is 2. The highest BCUT2D eigenvalue weighted by Gasteiger charge is 2.30. The number of anilines is 1. The number of esters is 1. The van der Waals surface area contributed by atoms with Crippen molar-refractivity contribution in [3.8, 4) is 0 Å². The summed E-state index contributed by atoms with van der Waals surface area (Å²) in [6.07, 6.45) is 1.08. The molecule has 1 heterocycles. The van der Waals surface area contributed by atoms with Gasteiger partial charge in [-0.2, -0.15) is 0 Å². The van der Waals surface area contributed by atoms with Gasteiger partial charge in [0.2, 0.25) is 5.91 Å². The summed E-state index contributed by atoms with van der Waals surface area (Å²) in [6, 6.07) is 4.80. The molecule has 0 aliphatic carbocycles. The minimum atomic E-state index is -0.820. The number of carbonyl (C=O) groups excluding carboxylic acids is 4. The Hall–Kier alpha value is -3.11.